The van der Waals surface area contributed by atoms with Crippen LogP contribution in [0.15, 0.2) is 18.2 Å². The van der Waals surface area contributed by atoms with Crippen molar-refractivity contribution in [1.29, 1.82) is 5.26 Å². The van der Waals surface area contributed by atoms with Gasteiger partial charge in [-0.25, -0.2) is 4.39 Å². The number of hydrogen-bond donors (Lipinski definition) is 1. The van der Waals surface area contributed by atoms with Crippen LogP contribution in [0.3, 0.4) is 0 Å². The van der Waals surface area contributed by atoms with Gasteiger partial charge in [-0.15, -0.1) is 0 Å². The van der Waals surface area contributed by atoms with Crippen molar-refractivity contribution >= 4 is 11.9 Å². The zero-order valence-electron chi connectivity index (χ0n) is 9.97. The third-order valence-electron chi connectivity index (χ3n) is 3.11. The number of carbonyl (C=O) groups is 2. The summed E-state index contributed by atoms with van der Waals surface area (Å²) in [6, 6.07) is 5.83. The van der Waals surface area contributed by atoms with E-state index in [-0.39, 0.29) is 36.5 Å². The van der Waals surface area contributed by atoms with Crippen LogP contribution in [-0.2, 0) is 16.1 Å². The second kappa shape index (κ2) is 5.06. The maximum absolute atomic E-state index is 13.7. The minimum absolute atomic E-state index is 0.0279. The lowest BCUT2D eigenvalue weighted by Gasteiger charge is -2.16. The summed E-state index contributed by atoms with van der Waals surface area (Å²) >= 11 is 0. The molecule has 0 radical (unpaired) electrons. The van der Waals surface area contributed by atoms with E-state index in [2.05, 4.69) is 0 Å². The molecule has 1 fully saturated rings. The average molecular weight is 262 g/mol. The van der Waals surface area contributed by atoms with E-state index in [1.165, 1.54) is 17.0 Å². The molecule has 1 aromatic rings. The predicted molar refractivity (Wildman–Crippen MR) is 62.3 cm³/mol. The molecule has 1 aliphatic rings. The first-order chi connectivity index (χ1) is 9.01. The van der Waals surface area contributed by atoms with Gasteiger partial charge in [-0.1, -0.05) is 6.07 Å². The molecule has 1 amide bonds. The van der Waals surface area contributed by atoms with Gasteiger partial charge in [0.25, 0.3) is 0 Å². The van der Waals surface area contributed by atoms with Gasteiger partial charge in [-0.05, 0) is 12.1 Å². The Morgan fingerprint density at radius 3 is 2.84 bits per heavy atom. The number of amides is 1. The van der Waals surface area contributed by atoms with Crippen LogP contribution in [0.2, 0.25) is 0 Å². The Morgan fingerprint density at radius 2 is 2.32 bits per heavy atom. The molecule has 1 saturated heterocycles. The second-order valence-corrected chi connectivity index (χ2v) is 4.43. The minimum Gasteiger partial charge on any atom is -0.481 e. The minimum atomic E-state index is -1.02. The second-order valence-electron chi connectivity index (χ2n) is 4.43. The Balaban J connectivity index is 2.12. The van der Waals surface area contributed by atoms with E-state index < -0.39 is 17.7 Å². The SMILES string of the molecule is N#Cc1ccc(CN2CC(C(=O)O)CC2=O)c(F)c1. The van der Waals surface area contributed by atoms with Gasteiger partial charge in [0.15, 0.2) is 0 Å². The smallest absolute Gasteiger partial charge is 0.308 e. The largest absolute Gasteiger partial charge is 0.481 e. The van der Waals surface area contributed by atoms with Crippen LogP contribution < -0.4 is 0 Å². The molecule has 19 heavy (non-hydrogen) atoms. The Morgan fingerprint density at radius 1 is 1.58 bits per heavy atom. The summed E-state index contributed by atoms with van der Waals surface area (Å²) in [6.07, 6.45) is -0.0484. The zero-order chi connectivity index (χ0) is 14.0. The molecule has 0 aliphatic carbocycles. The summed E-state index contributed by atoms with van der Waals surface area (Å²) in [5.74, 6) is -2.60. The fourth-order valence-corrected chi connectivity index (χ4v) is 2.04. The molecule has 6 heteroatoms. The van der Waals surface area contributed by atoms with Gasteiger partial charge in [-0.2, -0.15) is 5.26 Å². The van der Waals surface area contributed by atoms with Crippen LogP contribution in [0.1, 0.15) is 17.5 Å². The maximum atomic E-state index is 13.7. The number of nitriles is 1. The lowest BCUT2D eigenvalue weighted by atomic mass is 10.1. The summed E-state index contributed by atoms with van der Waals surface area (Å²) in [5.41, 5.74) is 0.482. The number of aliphatic carboxylic acids is 1. The van der Waals surface area contributed by atoms with Crippen LogP contribution in [0.5, 0.6) is 0 Å². The van der Waals surface area contributed by atoms with E-state index in [1.54, 1.807) is 0 Å². The molecule has 98 valence electrons. The Bertz CT molecular complexity index is 580. The van der Waals surface area contributed by atoms with Gasteiger partial charge in [0, 0.05) is 25.1 Å². The Hall–Kier alpha value is -2.42. The molecule has 1 unspecified atom stereocenters. The van der Waals surface area contributed by atoms with Gasteiger partial charge in [0.2, 0.25) is 5.91 Å². The first-order valence-electron chi connectivity index (χ1n) is 5.70. The number of carboxylic acid groups (broad SMARTS) is 1. The van der Waals surface area contributed by atoms with Crippen molar-refractivity contribution in [3.05, 3.63) is 35.1 Å². The standard InChI is InChI=1S/C13H11FN2O3/c14-11-3-8(5-15)1-2-9(11)6-16-7-10(13(18)19)4-12(16)17/h1-3,10H,4,6-7H2,(H,18,19). The van der Waals surface area contributed by atoms with E-state index in [1.807, 2.05) is 6.07 Å². The van der Waals surface area contributed by atoms with Gasteiger partial charge in [0.05, 0.1) is 17.6 Å². The molecule has 0 spiro atoms. The van der Waals surface area contributed by atoms with Crippen molar-refractivity contribution in [2.24, 2.45) is 5.92 Å². The molecule has 1 N–H and O–H groups in total. The lowest BCUT2D eigenvalue weighted by Crippen LogP contribution is -2.26. The lowest BCUT2D eigenvalue weighted by molar-refractivity contribution is -0.141. The predicted octanol–water partition coefficient (Wildman–Crippen LogP) is 1.13. The number of hydrogen-bond acceptors (Lipinski definition) is 3. The molecule has 1 heterocycles. The molecule has 0 bridgehead atoms. The highest BCUT2D eigenvalue weighted by atomic mass is 19.1. The van der Waals surface area contributed by atoms with E-state index in [0.29, 0.717) is 0 Å². The van der Waals surface area contributed by atoms with E-state index in [9.17, 15) is 14.0 Å². The number of carbonyl (C=O) groups excluding carboxylic acids is 1. The number of halogens is 1. The molecule has 2 rings (SSSR count). The van der Waals surface area contributed by atoms with Crippen LogP contribution in [-0.4, -0.2) is 28.4 Å². The van der Waals surface area contributed by atoms with Crippen molar-refractivity contribution in [2.75, 3.05) is 6.54 Å². The van der Waals surface area contributed by atoms with Crippen molar-refractivity contribution in [3.63, 3.8) is 0 Å². The monoisotopic (exact) mass is 262 g/mol. The summed E-state index contributed by atoms with van der Waals surface area (Å²) in [6.45, 7) is 0.119. The highest BCUT2D eigenvalue weighted by Crippen LogP contribution is 2.21. The summed E-state index contributed by atoms with van der Waals surface area (Å²) in [7, 11) is 0. The molecular weight excluding hydrogens is 251 g/mol. The molecule has 0 aromatic heterocycles. The van der Waals surface area contributed by atoms with Gasteiger partial charge < -0.3 is 10.0 Å². The molecular formula is C13H11FN2O3. The number of likely N-dealkylation sites (tertiary alicyclic amines) is 1. The van der Waals surface area contributed by atoms with Gasteiger partial charge in [0.1, 0.15) is 5.82 Å². The summed E-state index contributed by atoms with van der Waals surface area (Å²) in [5, 5.41) is 17.5. The molecule has 1 aliphatic heterocycles. The normalized spacial score (nSPS) is 18.4. The average Bonchev–Trinajstić information content (AvgIpc) is 2.73. The fourth-order valence-electron chi connectivity index (χ4n) is 2.04. The van der Waals surface area contributed by atoms with Crippen LogP contribution >= 0.6 is 0 Å². The topological polar surface area (TPSA) is 81.4 Å². The molecule has 1 atom stereocenters. The highest BCUT2D eigenvalue weighted by Gasteiger charge is 2.34. The number of carboxylic acids is 1. The number of benzene rings is 1. The highest BCUT2D eigenvalue weighted by molar-refractivity contribution is 5.86. The summed E-state index contributed by atoms with van der Waals surface area (Å²) in [4.78, 5) is 23.7. The third kappa shape index (κ3) is 2.71. The Kier molecular flexibility index (Phi) is 3.47. The molecule has 0 saturated carbocycles. The van der Waals surface area contributed by atoms with E-state index in [4.69, 9.17) is 10.4 Å². The first kappa shape index (κ1) is 13.0. The molecule has 5 nitrogen and oxygen atoms in total. The van der Waals surface area contributed by atoms with Gasteiger partial charge >= 0.3 is 5.97 Å². The van der Waals surface area contributed by atoms with Crippen molar-refractivity contribution < 1.29 is 19.1 Å². The number of nitrogens with zero attached hydrogens (tertiary/aromatic N) is 2. The zero-order valence-corrected chi connectivity index (χ0v) is 9.97. The van der Waals surface area contributed by atoms with Crippen LogP contribution in [0, 0.1) is 23.1 Å². The fraction of sp³-hybridized carbons (Fsp3) is 0.308. The maximum Gasteiger partial charge on any atom is 0.308 e. The first-order valence-corrected chi connectivity index (χ1v) is 5.70. The van der Waals surface area contributed by atoms with E-state index in [0.717, 1.165) is 6.07 Å². The van der Waals surface area contributed by atoms with Crippen LogP contribution in [0.4, 0.5) is 4.39 Å². The Labute approximate surface area is 108 Å². The van der Waals surface area contributed by atoms with Crippen LogP contribution in [0.25, 0.3) is 0 Å². The molecule has 1 aromatic carbocycles. The number of rotatable bonds is 3. The van der Waals surface area contributed by atoms with E-state index >= 15 is 0 Å². The van der Waals surface area contributed by atoms with Gasteiger partial charge in [-0.3, -0.25) is 9.59 Å². The van der Waals surface area contributed by atoms with Crippen molar-refractivity contribution in [3.8, 4) is 6.07 Å². The van der Waals surface area contributed by atoms with Crippen molar-refractivity contribution in [1.82, 2.24) is 4.90 Å². The third-order valence-corrected chi connectivity index (χ3v) is 3.11. The summed E-state index contributed by atoms with van der Waals surface area (Å²) < 4.78 is 13.7. The van der Waals surface area contributed by atoms with Crippen molar-refractivity contribution in [2.45, 2.75) is 13.0 Å². The quantitative estimate of drug-likeness (QED) is 0.885.